The fraction of sp³-hybridized carbons (Fsp3) is 0.500. The summed E-state index contributed by atoms with van der Waals surface area (Å²) >= 11 is 0. The summed E-state index contributed by atoms with van der Waals surface area (Å²) in [4.78, 5) is 31.9. The van der Waals surface area contributed by atoms with E-state index in [0.29, 0.717) is 18.8 Å². The minimum atomic E-state index is -1.11. The van der Waals surface area contributed by atoms with Crippen molar-refractivity contribution in [1.82, 2.24) is 14.9 Å². The predicted molar refractivity (Wildman–Crippen MR) is 67.9 cm³/mol. The molecule has 0 saturated carbocycles. The third-order valence-electron chi connectivity index (χ3n) is 3.00. The van der Waals surface area contributed by atoms with E-state index in [-0.39, 0.29) is 23.7 Å². The molecule has 0 aromatic carbocycles. The first-order valence-electron chi connectivity index (χ1n) is 6.08. The van der Waals surface area contributed by atoms with Crippen molar-refractivity contribution in [2.24, 2.45) is 0 Å². The van der Waals surface area contributed by atoms with E-state index in [1.807, 2.05) is 13.8 Å². The maximum atomic E-state index is 11.7. The molecule has 7 heteroatoms. The van der Waals surface area contributed by atoms with Crippen molar-refractivity contribution in [3.63, 3.8) is 0 Å². The van der Waals surface area contributed by atoms with Crippen LogP contribution < -0.4 is 5.32 Å². The van der Waals surface area contributed by atoms with Crippen LogP contribution in [0.5, 0.6) is 0 Å². The second-order valence-electron chi connectivity index (χ2n) is 4.78. The van der Waals surface area contributed by atoms with E-state index in [2.05, 4.69) is 15.3 Å². The van der Waals surface area contributed by atoms with Crippen LogP contribution in [0.1, 0.15) is 30.8 Å². The number of aromatic carboxylic acids is 1. The summed E-state index contributed by atoms with van der Waals surface area (Å²) in [5.74, 6) is -0.517. The van der Waals surface area contributed by atoms with E-state index in [4.69, 9.17) is 5.11 Å². The standard InChI is InChI=1S/C12H16N4O3/c1-7(2)16-6-8(3-11(16)17)15-10-5-13-9(4-14-10)12(18)19/h4-5,7-8H,3,6H2,1-2H3,(H,14,15)(H,18,19). The molecule has 2 heterocycles. The predicted octanol–water partition coefficient (Wildman–Crippen LogP) is 0.596. The maximum absolute atomic E-state index is 11.7. The highest BCUT2D eigenvalue weighted by atomic mass is 16.4. The molecule has 1 atom stereocenters. The van der Waals surface area contributed by atoms with Gasteiger partial charge in [0.05, 0.1) is 18.4 Å². The minimum absolute atomic E-state index is 0.0140. The first-order valence-corrected chi connectivity index (χ1v) is 6.08. The van der Waals surface area contributed by atoms with E-state index in [0.717, 1.165) is 0 Å². The van der Waals surface area contributed by atoms with Crippen molar-refractivity contribution < 1.29 is 14.7 Å². The van der Waals surface area contributed by atoms with Gasteiger partial charge in [0.1, 0.15) is 5.82 Å². The number of carboxylic acid groups (broad SMARTS) is 1. The molecule has 102 valence electrons. The number of carboxylic acids is 1. The van der Waals surface area contributed by atoms with Crippen LogP contribution in [-0.4, -0.2) is 50.5 Å². The lowest BCUT2D eigenvalue weighted by atomic mass is 10.2. The van der Waals surface area contributed by atoms with Crippen LogP contribution in [0, 0.1) is 0 Å². The van der Waals surface area contributed by atoms with Gasteiger partial charge in [-0.1, -0.05) is 0 Å². The summed E-state index contributed by atoms with van der Waals surface area (Å²) in [5, 5.41) is 11.8. The van der Waals surface area contributed by atoms with Gasteiger partial charge in [-0.25, -0.2) is 14.8 Å². The summed E-state index contributed by atoms with van der Waals surface area (Å²) in [6, 6.07) is 0.166. The van der Waals surface area contributed by atoms with Crippen LogP contribution in [0.15, 0.2) is 12.4 Å². The van der Waals surface area contributed by atoms with E-state index >= 15 is 0 Å². The average Bonchev–Trinajstić information content (AvgIpc) is 2.71. The zero-order chi connectivity index (χ0) is 14.0. The summed E-state index contributed by atoms with van der Waals surface area (Å²) in [5.41, 5.74) is -0.100. The Hall–Kier alpha value is -2.18. The van der Waals surface area contributed by atoms with E-state index in [1.54, 1.807) is 4.90 Å². The molecule has 1 amide bonds. The number of hydrogen-bond acceptors (Lipinski definition) is 5. The quantitative estimate of drug-likeness (QED) is 0.826. The van der Waals surface area contributed by atoms with Crippen LogP contribution in [0.25, 0.3) is 0 Å². The first kappa shape index (κ1) is 13.3. The largest absolute Gasteiger partial charge is 0.476 e. The Morgan fingerprint density at radius 1 is 1.47 bits per heavy atom. The average molecular weight is 264 g/mol. The van der Waals surface area contributed by atoms with Crippen LogP contribution in [0.2, 0.25) is 0 Å². The highest BCUT2D eigenvalue weighted by molar-refractivity contribution is 5.85. The summed E-state index contributed by atoms with van der Waals surface area (Å²) in [6.07, 6.45) is 2.98. The molecule has 1 aromatic heterocycles. The van der Waals surface area contributed by atoms with E-state index < -0.39 is 5.97 Å². The van der Waals surface area contributed by atoms with E-state index in [1.165, 1.54) is 12.4 Å². The van der Waals surface area contributed by atoms with Crippen LogP contribution >= 0.6 is 0 Å². The van der Waals surface area contributed by atoms with Gasteiger partial charge in [-0.2, -0.15) is 0 Å². The molecule has 1 unspecified atom stereocenters. The molecule has 1 aliphatic heterocycles. The Bertz CT molecular complexity index is 486. The molecule has 19 heavy (non-hydrogen) atoms. The number of nitrogens with zero attached hydrogens (tertiary/aromatic N) is 3. The summed E-state index contributed by atoms with van der Waals surface area (Å²) in [6.45, 7) is 4.57. The molecule has 1 aromatic rings. The number of nitrogens with one attached hydrogen (secondary N) is 1. The van der Waals surface area contributed by atoms with Gasteiger partial charge in [0, 0.05) is 19.0 Å². The molecule has 1 aliphatic rings. The minimum Gasteiger partial charge on any atom is -0.476 e. The summed E-state index contributed by atoms with van der Waals surface area (Å²) in [7, 11) is 0. The second kappa shape index (κ2) is 5.21. The number of rotatable bonds is 4. The number of aromatic nitrogens is 2. The van der Waals surface area contributed by atoms with Gasteiger partial charge in [0.2, 0.25) is 5.91 Å². The van der Waals surface area contributed by atoms with Crippen molar-refractivity contribution in [2.75, 3.05) is 11.9 Å². The van der Waals surface area contributed by atoms with Crippen LogP contribution in [-0.2, 0) is 4.79 Å². The Kier molecular flexibility index (Phi) is 3.64. The highest BCUT2D eigenvalue weighted by Gasteiger charge is 2.31. The van der Waals surface area contributed by atoms with Crippen LogP contribution in [0.3, 0.4) is 0 Å². The number of likely N-dealkylation sites (tertiary alicyclic amines) is 1. The maximum Gasteiger partial charge on any atom is 0.356 e. The van der Waals surface area contributed by atoms with Gasteiger partial charge in [-0.3, -0.25) is 4.79 Å². The number of carbonyl (C=O) groups excluding carboxylic acids is 1. The first-order chi connectivity index (χ1) is 8.97. The smallest absolute Gasteiger partial charge is 0.356 e. The van der Waals surface area contributed by atoms with Gasteiger partial charge in [0.15, 0.2) is 5.69 Å². The van der Waals surface area contributed by atoms with Crippen molar-refractivity contribution in [1.29, 1.82) is 0 Å². The Morgan fingerprint density at radius 2 is 2.21 bits per heavy atom. The van der Waals surface area contributed by atoms with Crippen molar-refractivity contribution in [2.45, 2.75) is 32.4 Å². The molecule has 2 rings (SSSR count). The van der Waals surface area contributed by atoms with Gasteiger partial charge in [0.25, 0.3) is 0 Å². The second-order valence-corrected chi connectivity index (χ2v) is 4.78. The SMILES string of the molecule is CC(C)N1CC(Nc2cnc(C(=O)O)cn2)CC1=O. The highest BCUT2D eigenvalue weighted by Crippen LogP contribution is 2.17. The molecule has 1 saturated heterocycles. The van der Waals surface area contributed by atoms with Crippen molar-refractivity contribution >= 4 is 17.7 Å². The molecular formula is C12H16N4O3. The van der Waals surface area contributed by atoms with Gasteiger partial charge < -0.3 is 15.3 Å². The molecule has 2 N–H and O–H groups in total. The van der Waals surface area contributed by atoms with Gasteiger partial charge in [-0.05, 0) is 13.8 Å². The van der Waals surface area contributed by atoms with Gasteiger partial charge >= 0.3 is 5.97 Å². The Labute approximate surface area is 110 Å². The third kappa shape index (κ3) is 2.98. The number of amides is 1. The molecular weight excluding hydrogens is 248 g/mol. The lowest BCUT2D eigenvalue weighted by Gasteiger charge is -2.21. The number of carbonyl (C=O) groups is 2. The fourth-order valence-electron chi connectivity index (χ4n) is 2.05. The van der Waals surface area contributed by atoms with Crippen molar-refractivity contribution in [3.05, 3.63) is 18.1 Å². The fourth-order valence-corrected chi connectivity index (χ4v) is 2.05. The zero-order valence-electron chi connectivity index (χ0n) is 10.8. The Morgan fingerprint density at radius 3 is 2.68 bits per heavy atom. The molecule has 0 spiro atoms. The lowest BCUT2D eigenvalue weighted by Crippen LogP contribution is -2.33. The monoisotopic (exact) mass is 264 g/mol. The van der Waals surface area contributed by atoms with Crippen molar-refractivity contribution in [3.8, 4) is 0 Å². The van der Waals surface area contributed by atoms with E-state index in [9.17, 15) is 9.59 Å². The zero-order valence-corrected chi connectivity index (χ0v) is 10.8. The summed E-state index contributed by atoms with van der Waals surface area (Å²) < 4.78 is 0. The van der Waals surface area contributed by atoms with Crippen LogP contribution in [0.4, 0.5) is 5.82 Å². The van der Waals surface area contributed by atoms with Gasteiger partial charge in [-0.15, -0.1) is 0 Å². The molecule has 0 aliphatic carbocycles. The molecule has 0 bridgehead atoms. The lowest BCUT2D eigenvalue weighted by molar-refractivity contribution is -0.129. The third-order valence-corrected chi connectivity index (χ3v) is 3.00. The molecule has 1 fully saturated rings. The molecule has 7 nitrogen and oxygen atoms in total. The Balaban J connectivity index is 1.99. The molecule has 0 radical (unpaired) electrons. The number of anilines is 1. The number of hydrogen-bond donors (Lipinski definition) is 2. The topological polar surface area (TPSA) is 95.4 Å². The normalized spacial score (nSPS) is 19.0.